The molecule has 0 amide bonds. The fraction of sp³-hybridized carbons (Fsp3) is 0.154. The van der Waals surface area contributed by atoms with Crippen molar-refractivity contribution in [3.8, 4) is 11.3 Å². The third-order valence-electron chi connectivity index (χ3n) is 4.92. The first kappa shape index (κ1) is 20.2. The third kappa shape index (κ3) is 4.55. The average Bonchev–Trinajstić information content (AvgIpc) is 2.80. The second-order valence-corrected chi connectivity index (χ2v) is 7.96. The van der Waals surface area contributed by atoms with E-state index < -0.39 is 0 Å². The number of hydrogen-bond donors (Lipinski definition) is 0. The van der Waals surface area contributed by atoms with Crippen LogP contribution in [0.1, 0.15) is 12.5 Å². The first-order chi connectivity index (χ1) is 14.8. The van der Waals surface area contributed by atoms with Gasteiger partial charge in [0, 0.05) is 28.2 Å². The average molecular weight is 415 g/mol. The number of nitrogens with zero attached hydrogens (tertiary/aromatic N) is 1. The first-order valence-electron chi connectivity index (χ1n) is 10.1. The molecule has 4 rings (SSSR count). The molecule has 3 nitrogen and oxygen atoms in total. The van der Waals surface area contributed by atoms with E-state index in [1.165, 1.54) is 17.3 Å². The van der Waals surface area contributed by atoms with Gasteiger partial charge in [-0.2, -0.15) is 4.57 Å². The summed E-state index contributed by atoms with van der Waals surface area (Å²) < 4.78 is 7.48. The maximum Gasteiger partial charge on any atom is 0.316 e. The van der Waals surface area contributed by atoms with Gasteiger partial charge < -0.3 is 4.74 Å². The third-order valence-corrected chi connectivity index (χ3v) is 5.95. The fourth-order valence-electron chi connectivity index (χ4n) is 3.57. The number of esters is 1. The Bertz CT molecular complexity index is 1140. The van der Waals surface area contributed by atoms with E-state index in [4.69, 9.17) is 4.74 Å². The van der Waals surface area contributed by atoms with Gasteiger partial charge in [0.15, 0.2) is 6.54 Å². The van der Waals surface area contributed by atoms with Crippen LogP contribution in [0.15, 0.2) is 95.9 Å². The number of fused-ring (bicyclic) bond motifs is 1. The van der Waals surface area contributed by atoms with Crippen LogP contribution in [0.25, 0.3) is 22.2 Å². The lowest BCUT2D eigenvalue weighted by molar-refractivity contribution is -0.651. The number of ether oxygens (including phenoxy) is 1. The van der Waals surface area contributed by atoms with Gasteiger partial charge in [0.1, 0.15) is 0 Å². The van der Waals surface area contributed by atoms with E-state index in [1.54, 1.807) is 0 Å². The first-order valence-corrected chi connectivity index (χ1v) is 11.1. The Hall–Kier alpha value is -3.11. The van der Waals surface area contributed by atoms with Crippen LogP contribution in [0.2, 0.25) is 0 Å². The van der Waals surface area contributed by atoms with Crippen molar-refractivity contribution in [2.75, 3.05) is 12.4 Å². The Kier molecular flexibility index (Phi) is 6.45. The standard InChI is InChI=1S/C26H24NO2S/c1-2-29-26(28)19-30-25-17-24(21-13-7-4-8-14-21)27(18-20-11-5-3-6-12-20)23-16-10-9-15-22(23)25/h3-17H,2,18-19H2,1H3/q+1. The number of para-hydroxylation sites is 1. The van der Waals surface area contributed by atoms with Gasteiger partial charge in [0.2, 0.25) is 11.2 Å². The van der Waals surface area contributed by atoms with Gasteiger partial charge in [0.05, 0.1) is 17.7 Å². The Morgan fingerprint density at radius 3 is 2.30 bits per heavy atom. The maximum atomic E-state index is 12.0. The Labute approximate surface area is 181 Å². The molecule has 0 bridgehead atoms. The highest BCUT2D eigenvalue weighted by Gasteiger charge is 2.22. The monoisotopic (exact) mass is 414 g/mol. The minimum Gasteiger partial charge on any atom is -0.465 e. The molecule has 0 aliphatic rings. The second-order valence-electron chi connectivity index (χ2n) is 6.94. The fourth-order valence-corrected chi connectivity index (χ4v) is 4.45. The maximum absolute atomic E-state index is 12.0. The molecule has 4 heteroatoms. The Balaban J connectivity index is 1.86. The molecule has 4 aromatic rings. The van der Waals surface area contributed by atoms with Crippen molar-refractivity contribution in [3.05, 3.63) is 96.6 Å². The van der Waals surface area contributed by atoms with Crippen molar-refractivity contribution in [2.24, 2.45) is 0 Å². The molecule has 0 aliphatic heterocycles. The zero-order chi connectivity index (χ0) is 20.8. The van der Waals surface area contributed by atoms with E-state index in [9.17, 15) is 4.79 Å². The molecule has 0 fully saturated rings. The summed E-state index contributed by atoms with van der Waals surface area (Å²) in [5, 5.41) is 1.14. The molecule has 0 saturated carbocycles. The van der Waals surface area contributed by atoms with Gasteiger partial charge >= 0.3 is 5.97 Å². The van der Waals surface area contributed by atoms with Crippen molar-refractivity contribution >= 4 is 28.6 Å². The predicted octanol–water partition coefficient (Wildman–Crippen LogP) is 5.50. The van der Waals surface area contributed by atoms with E-state index in [-0.39, 0.29) is 5.97 Å². The normalized spacial score (nSPS) is 10.8. The van der Waals surface area contributed by atoms with Crippen molar-refractivity contribution in [3.63, 3.8) is 0 Å². The van der Waals surface area contributed by atoms with Gasteiger partial charge in [-0.25, -0.2) is 0 Å². The molecule has 0 unspecified atom stereocenters. The molecule has 3 aromatic carbocycles. The molecule has 1 aromatic heterocycles. The van der Waals surface area contributed by atoms with Gasteiger partial charge in [-0.3, -0.25) is 4.79 Å². The number of benzene rings is 3. The number of carbonyl (C=O) groups excluding carboxylic acids is 1. The molecule has 0 spiro atoms. The number of hydrogen-bond acceptors (Lipinski definition) is 3. The highest BCUT2D eigenvalue weighted by molar-refractivity contribution is 8.00. The molecule has 30 heavy (non-hydrogen) atoms. The quantitative estimate of drug-likeness (QED) is 0.227. The molecule has 0 aliphatic carbocycles. The summed E-state index contributed by atoms with van der Waals surface area (Å²) in [6.45, 7) is 3.01. The summed E-state index contributed by atoms with van der Waals surface area (Å²) in [4.78, 5) is 13.1. The molecule has 0 saturated heterocycles. The van der Waals surface area contributed by atoms with E-state index in [0.29, 0.717) is 12.4 Å². The van der Waals surface area contributed by atoms with Crippen molar-refractivity contribution in [2.45, 2.75) is 18.4 Å². The van der Waals surface area contributed by atoms with E-state index >= 15 is 0 Å². The zero-order valence-corrected chi connectivity index (χ0v) is 17.8. The van der Waals surface area contributed by atoms with Crippen LogP contribution in [-0.4, -0.2) is 18.3 Å². The van der Waals surface area contributed by atoms with E-state index in [1.807, 2.05) is 25.1 Å². The molecular formula is C26H24NO2S+. The molecule has 0 radical (unpaired) electrons. The largest absolute Gasteiger partial charge is 0.465 e. The molecular weight excluding hydrogens is 390 g/mol. The molecule has 0 atom stereocenters. The molecule has 0 N–H and O–H groups in total. The Morgan fingerprint density at radius 2 is 1.57 bits per heavy atom. The smallest absolute Gasteiger partial charge is 0.316 e. The summed E-state index contributed by atoms with van der Waals surface area (Å²) in [5.41, 5.74) is 4.67. The van der Waals surface area contributed by atoms with Crippen LogP contribution >= 0.6 is 11.8 Å². The minimum atomic E-state index is -0.186. The van der Waals surface area contributed by atoms with Crippen molar-refractivity contribution in [1.29, 1.82) is 0 Å². The summed E-state index contributed by atoms with van der Waals surface area (Å²) in [7, 11) is 0. The number of thioether (sulfide) groups is 1. The van der Waals surface area contributed by atoms with Crippen molar-refractivity contribution in [1.82, 2.24) is 0 Å². The lowest BCUT2D eigenvalue weighted by atomic mass is 10.1. The SMILES string of the molecule is CCOC(=O)CSc1cc(-c2ccccc2)[n+](Cc2ccccc2)c2ccccc12. The highest BCUT2D eigenvalue weighted by Crippen LogP contribution is 2.31. The van der Waals surface area contributed by atoms with Crippen LogP contribution < -0.4 is 4.57 Å². The second kappa shape index (κ2) is 9.59. The molecule has 1 heterocycles. The van der Waals surface area contributed by atoms with E-state index in [0.717, 1.165) is 33.6 Å². The van der Waals surface area contributed by atoms with Crippen LogP contribution in [0.4, 0.5) is 0 Å². The van der Waals surface area contributed by atoms with Crippen LogP contribution in [0.5, 0.6) is 0 Å². The van der Waals surface area contributed by atoms with Gasteiger partial charge in [-0.1, -0.05) is 60.7 Å². The predicted molar refractivity (Wildman–Crippen MR) is 122 cm³/mol. The number of pyridine rings is 1. The highest BCUT2D eigenvalue weighted by atomic mass is 32.2. The zero-order valence-electron chi connectivity index (χ0n) is 17.0. The van der Waals surface area contributed by atoms with Gasteiger partial charge in [-0.05, 0) is 25.1 Å². The Morgan fingerprint density at radius 1 is 0.900 bits per heavy atom. The van der Waals surface area contributed by atoms with Gasteiger partial charge in [-0.15, -0.1) is 11.8 Å². The number of aromatic nitrogens is 1. The van der Waals surface area contributed by atoms with Crippen LogP contribution in [0, 0.1) is 0 Å². The summed E-state index contributed by atoms with van der Waals surface area (Å²) >= 11 is 1.53. The lowest BCUT2D eigenvalue weighted by Crippen LogP contribution is -2.38. The number of rotatable bonds is 7. The lowest BCUT2D eigenvalue weighted by Gasteiger charge is -2.12. The summed E-state index contributed by atoms with van der Waals surface area (Å²) in [6.07, 6.45) is 0. The van der Waals surface area contributed by atoms with Crippen LogP contribution in [0.3, 0.4) is 0 Å². The summed E-state index contributed by atoms with van der Waals surface area (Å²) in [6, 6.07) is 31.5. The summed E-state index contributed by atoms with van der Waals surface area (Å²) in [5.74, 6) is 0.114. The minimum absolute atomic E-state index is 0.186. The molecule has 150 valence electrons. The number of carbonyl (C=O) groups is 1. The topological polar surface area (TPSA) is 30.2 Å². The van der Waals surface area contributed by atoms with Crippen LogP contribution in [-0.2, 0) is 16.1 Å². The van der Waals surface area contributed by atoms with Crippen molar-refractivity contribution < 1.29 is 14.1 Å². The van der Waals surface area contributed by atoms with E-state index in [2.05, 4.69) is 77.4 Å². The van der Waals surface area contributed by atoms with Gasteiger partial charge in [0.25, 0.3) is 0 Å².